The largest absolute Gasteiger partial charge is 0.463 e. The lowest BCUT2D eigenvalue weighted by Gasteiger charge is -1.98. The molecule has 0 aliphatic heterocycles. The molecule has 3 heterocycles. The highest BCUT2D eigenvalue weighted by Gasteiger charge is 2.16. The summed E-state index contributed by atoms with van der Waals surface area (Å²) in [6.07, 6.45) is 4.80. The minimum absolute atomic E-state index is 0.300. The van der Waals surface area contributed by atoms with Crippen LogP contribution in [-0.2, 0) is 0 Å². The van der Waals surface area contributed by atoms with Crippen LogP contribution in [0.25, 0.3) is 4.96 Å². The van der Waals surface area contributed by atoms with E-state index in [0.717, 1.165) is 4.96 Å². The molecule has 3 aromatic heterocycles. The number of hydrogen-bond donors (Lipinski definition) is 1. The van der Waals surface area contributed by atoms with Gasteiger partial charge in [-0.05, 0) is 19.1 Å². The van der Waals surface area contributed by atoms with Crippen LogP contribution < -0.4 is 5.43 Å². The van der Waals surface area contributed by atoms with E-state index < -0.39 is 0 Å². The summed E-state index contributed by atoms with van der Waals surface area (Å²) in [6, 6.07) is 3.50. The van der Waals surface area contributed by atoms with Crippen LogP contribution in [-0.4, -0.2) is 21.5 Å². The number of aromatic nitrogens is 2. The Morgan fingerprint density at radius 3 is 3.32 bits per heavy atom. The first-order valence-corrected chi connectivity index (χ1v) is 6.43. The van der Waals surface area contributed by atoms with Gasteiger partial charge >= 0.3 is 0 Å². The van der Waals surface area contributed by atoms with Crippen molar-refractivity contribution in [3.05, 3.63) is 47.1 Å². The number of rotatable bonds is 3. The summed E-state index contributed by atoms with van der Waals surface area (Å²) in [5.74, 6) is 0.275. The first kappa shape index (κ1) is 11.7. The average molecular weight is 274 g/mol. The molecule has 0 aliphatic carbocycles. The quantitative estimate of drug-likeness (QED) is 0.587. The minimum atomic E-state index is -0.300. The standard InChI is InChI=1S/C12H10N4O2S/c1-8-10(16-4-6-19-12(16)14-8)11(17)15-13-7-9-3-2-5-18-9/h2-7H,1H3,(H,15,17)/b13-7-. The number of imidazole rings is 1. The van der Waals surface area contributed by atoms with Crippen LogP contribution in [0.2, 0.25) is 0 Å². The molecule has 0 aromatic carbocycles. The second-order valence-electron chi connectivity index (χ2n) is 3.82. The van der Waals surface area contributed by atoms with Crippen molar-refractivity contribution in [3.8, 4) is 0 Å². The average Bonchev–Trinajstić information content (AvgIpc) is 3.05. The van der Waals surface area contributed by atoms with E-state index in [1.165, 1.54) is 17.6 Å². The summed E-state index contributed by atoms with van der Waals surface area (Å²) in [5, 5.41) is 5.73. The lowest BCUT2D eigenvalue weighted by molar-refractivity contribution is 0.0948. The van der Waals surface area contributed by atoms with E-state index in [2.05, 4.69) is 15.5 Å². The van der Waals surface area contributed by atoms with Crippen molar-refractivity contribution in [1.29, 1.82) is 0 Å². The number of aryl methyl sites for hydroxylation is 1. The van der Waals surface area contributed by atoms with Gasteiger partial charge in [0.25, 0.3) is 5.91 Å². The summed E-state index contributed by atoms with van der Waals surface area (Å²) in [6.45, 7) is 1.80. The second-order valence-corrected chi connectivity index (χ2v) is 4.69. The zero-order chi connectivity index (χ0) is 13.2. The Bertz CT molecular complexity index is 739. The van der Waals surface area contributed by atoms with E-state index >= 15 is 0 Å². The van der Waals surface area contributed by atoms with Crippen molar-refractivity contribution in [2.45, 2.75) is 6.92 Å². The highest BCUT2D eigenvalue weighted by atomic mass is 32.1. The maximum absolute atomic E-state index is 12.1. The van der Waals surface area contributed by atoms with Crippen LogP contribution in [0.5, 0.6) is 0 Å². The van der Waals surface area contributed by atoms with Gasteiger partial charge in [0.1, 0.15) is 11.5 Å². The predicted octanol–water partition coefficient (Wildman–Crippen LogP) is 2.06. The smallest absolute Gasteiger partial charge is 0.290 e. The Hall–Kier alpha value is -2.41. The van der Waals surface area contributed by atoms with E-state index in [4.69, 9.17) is 4.42 Å². The van der Waals surface area contributed by atoms with E-state index in [-0.39, 0.29) is 5.91 Å². The molecule has 0 unspecified atom stereocenters. The maximum atomic E-state index is 12.1. The van der Waals surface area contributed by atoms with Crippen molar-refractivity contribution < 1.29 is 9.21 Å². The molecule has 96 valence electrons. The number of amides is 1. The van der Waals surface area contributed by atoms with E-state index in [1.807, 2.05) is 11.6 Å². The number of nitrogens with one attached hydrogen (secondary N) is 1. The Kier molecular flexibility index (Phi) is 2.88. The molecule has 6 nitrogen and oxygen atoms in total. The number of carbonyl (C=O) groups is 1. The van der Waals surface area contributed by atoms with Crippen LogP contribution in [0.3, 0.4) is 0 Å². The Morgan fingerprint density at radius 2 is 2.53 bits per heavy atom. The highest BCUT2D eigenvalue weighted by Crippen LogP contribution is 2.16. The monoisotopic (exact) mass is 274 g/mol. The summed E-state index contributed by atoms with van der Waals surface area (Å²) in [5.41, 5.74) is 3.63. The Balaban J connectivity index is 1.80. The van der Waals surface area contributed by atoms with Crippen LogP contribution in [0, 0.1) is 6.92 Å². The first-order chi connectivity index (χ1) is 9.25. The van der Waals surface area contributed by atoms with Crippen molar-refractivity contribution in [1.82, 2.24) is 14.8 Å². The molecule has 0 radical (unpaired) electrons. The first-order valence-electron chi connectivity index (χ1n) is 5.55. The van der Waals surface area contributed by atoms with Gasteiger partial charge in [-0.2, -0.15) is 5.10 Å². The number of hydrogen-bond acceptors (Lipinski definition) is 5. The van der Waals surface area contributed by atoms with Gasteiger partial charge < -0.3 is 4.42 Å². The van der Waals surface area contributed by atoms with Gasteiger partial charge in [0, 0.05) is 11.6 Å². The molecule has 19 heavy (non-hydrogen) atoms. The molecular weight excluding hydrogens is 264 g/mol. The maximum Gasteiger partial charge on any atom is 0.290 e. The normalized spacial score (nSPS) is 11.4. The predicted molar refractivity (Wildman–Crippen MR) is 71.6 cm³/mol. The number of carbonyl (C=O) groups excluding carboxylic acids is 1. The van der Waals surface area contributed by atoms with Gasteiger partial charge in [-0.15, -0.1) is 11.3 Å². The lowest BCUT2D eigenvalue weighted by atomic mass is 10.3. The zero-order valence-electron chi connectivity index (χ0n) is 10.0. The fraction of sp³-hybridized carbons (Fsp3) is 0.0833. The van der Waals surface area contributed by atoms with Crippen molar-refractivity contribution in [2.75, 3.05) is 0 Å². The molecule has 0 saturated carbocycles. The van der Waals surface area contributed by atoms with E-state index in [0.29, 0.717) is 17.1 Å². The van der Waals surface area contributed by atoms with Crippen LogP contribution in [0.15, 0.2) is 39.5 Å². The molecule has 0 saturated heterocycles. The molecule has 3 rings (SSSR count). The third kappa shape index (κ3) is 2.15. The van der Waals surface area contributed by atoms with Crippen molar-refractivity contribution in [3.63, 3.8) is 0 Å². The zero-order valence-corrected chi connectivity index (χ0v) is 10.8. The fourth-order valence-corrected chi connectivity index (χ4v) is 2.50. The molecule has 0 spiro atoms. The number of fused-ring (bicyclic) bond motifs is 1. The lowest BCUT2D eigenvalue weighted by Crippen LogP contribution is -2.20. The third-order valence-electron chi connectivity index (χ3n) is 2.55. The number of hydrazone groups is 1. The third-order valence-corrected chi connectivity index (χ3v) is 3.31. The van der Waals surface area contributed by atoms with E-state index in [9.17, 15) is 4.79 Å². The molecule has 0 aliphatic rings. The second kappa shape index (κ2) is 4.69. The number of thiazole rings is 1. The van der Waals surface area contributed by atoms with Gasteiger partial charge in [0.05, 0.1) is 18.2 Å². The molecular formula is C12H10N4O2S. The number of nitrogens with zero attached hydrogens (tertiary/aromatic N) is 3. The molecule has 0 atom stereocenters. The van der Waals surface area contributed by atoms with Crippen LogP contribution in [0.4, 0.5) is 0 Å². The van der Waals surface area contributed by atoms with Gasteiger partial charge in [0.15, 0.2) is 4.96 Å². The Labute approximate surface area is 112 Å². The van der Waals surface area contributed by atoms with Crippen LogP contribution in [0.1, 0.15) is 21.9 Å². The topological polar surface area (TPSA) is 71.9 Å². The SMILES string of the molecule is Cc1nc2sccn2c1C(=O)N/N=C\c1ccco1. The summed E-state index contributed by atoms with van der Waals surface area (Å²) >= 11 is 1.48. The molecule has 0 fully saturated rings. The highest BCUT2D eigenvalue weighted by molar-refractivity contribution is 7.15. The van der Waals surface area contributed by atoms with Crippen molar-refractivity contribution in [2.24, 2.45) is 5.10 Å². The minimum Gasteiger partial charge on any atom is -0.463 e. The fourth-order valence-electron chi connectivity index (χ4n) is 1.74. The van der Waals surface area contributed by atoms with Crippen molar-refractivity contribution >= 4 is 28.4 Å². The van der Waals surface area contributed by atoms with Gasteiger partial charge in [-0.1, -0.05) is 0 Å². The van der Waals surface area contributed by atoms with E-state index in [1.54, 1.807) is 29.7 Å². The molecule has 3 aromatic rings. The molecule has 7 heteroatoms. The summed E-state index contributed by atoms with van der Waals surface area (Å²) in [7, 11) is 0. The van der Waals surface area contributed by atoms with Gasteiger partial charge in [-0.25, -0.2) is 10.4 Å². The summed E-state index contributed by atoms with van der Waals surface area (Å²) in [4.78, 5) is 17.1. The molecule has 1 amide bonds. The Morgan fingerprint density at radius 1 is 1.63 bits per heavy atom. The van der Waals surface area contributed by atoms with Crippen LogP contribution >= 0.6 is 11.3 Å². The molecule has 1 N–H and O–H groups in total. The molecule has 0 bridgehead atoms. The van der Waals surface area contributed by atoms with Gasteiger partial charge in [0.2, 0.25) is 0 Å². The van der Waals surface area contributed by atoms with Gasteiger partial charge in [-0.3, -0.25) is 9.20 Å². The summed E-state index contributed by atoms with van der Waals surface area (Å²) < 4.78 is 6.82. The number of furan rings is 1.